The first-order valence-corrected chi connectivity index (χ1v) is 9.35. The molecule has 0 bridgehead atoms. The molecule has 0 spiro atoms. The summed E-state index contributed by atoms with van der Waals surface area (Å²) >= 11 is 0. The van der Waals surface area contributed by atoms with Gasteiger partial charge in [0.25, 0.3) is 5.91 Å². The summed E-state index contributed by atoms with van der Waals surface area (Å²) in [5.74, 6) is -0.896. The Morgan fingerprint density at radius 3 is 2.48 bits per heavy atom. The van der Waals surface area contributed by atoms with E-state index >= 15 is 0 Å². The maximum Gasteiger partial charge on any atom is 0.340 e. The van der Waals surface area contributed by atoms with E-state index in [0.717, 1.165) is 11.4 Å². The van der Waals surface area contributed by atoms with Crippen LogP contribution in [0.1, 0.15) is 38.9 Å². The van der Waals surface area contributed by atoms with Gasteiger partial charge in [0.05, 0.1) is 17.9 Å². The molecule has 0 atom stereocenters. The Bertz CT molecular complexity index is 1050. The minimum absolute atomic E-state index is 0.234. The van der Waals surface area contributed by atoms with Crippen LogP contribution in [-0.4, -0.2) is 23.5 Å². The van der Waals surface area contributed by atoms with E-state index < -0.39 is 11.9 Å². The molecule has 1 amide bonds. The summed E-state index contributed by atoms with van der Waals surface area (Å²) in [6, 6.07) is 16.2. The van der Waals surface area contributed by atoms with Crippen LogP contribution < -0.4 is 10.6 Å². The predicted octanol–water partition coefficient (Wildman–Crippen LogP) is 4.87. The first-order chi connectivity index (χ1) is 14.0. The van der Waals surface area contributed by atoms with Gasteiger partial charge < -0.3 is 15.4 Å². The molecule has 6 nitrogen and oxygen atoms in total. The molecular formula is C23H23N3O3. The van der Waals surface area contributed by atoms with Crippen molar-refractivity contribution in [3.05, 3.63) is 83.2 Å². The topological polar surface area (TPSA) is 80.3 Å². The predicted molar refractivity (Wildman–Crippen MR) is 114 cm³/mol. The van der Waals surface area contributed by atoms with Gasteiger partial charge in [0.15, 0.2) is 0 Å². The van der Waals surface area contributed by atoms with Crippen molar-refractivity contribution in [2.24, 2.45) is 0 Å². The second-order valence-electron chi connectivity index (χ2n) is 6.57. The second-order valence-corrected chi connectivity index (χ2v) is 6.57. The summed E-state index contributed by atoms with van der Waals surface area (Å²) in [5.41, 5.74) is 4.98. The molecule has 0 aliphatic rings. The van der Waals surface area contributed by atoms with Crippen LogP contribution >= 0.6 is 0 Å². The molecule has 0 saturated carbocycles. The molecule has 3 rings (SSSR count). The molecule has 6 heteroatoms. The van der Waals surface area contributed by atoms with Crippen LogP contribution in [0.25, 0.3) is 0 Å². The SMILES string of the molecule is CCOC(=O)c1ccccc1NC(=O)c1cc(Nc2ccc(C)c(C)c2)ccn1. The molecule has 2 aromatic carbocycles. The Balaban J connectivity index is 1.78. The van der Waals surface area contributed by atoms with Crippen molar-refractivity contribution in [3.8, 4) is 0 Å². The third-order valence-electron chi connectivity index (χ3n) is 4.46. The first kappa shape index (κ1) is 20.1. The van der Waals surface area contributed by atoms with Gasteiger partial charge in [-0.3, -0.25) is 9.78 Å². The number of aryl methyl sites for hydroxylation is 2. The van der Waals surface area contributed by atoms with Crippen LogP contribution in [0.2, 0.25) is 0 Å². The maximum atomic E-state index is 12.7. The van der Waals surface area contributed by atoms with Gasteiger partial charge in [-0.1, -0.05) is 18.2 Å². The van der Waals surface area contributed by atoms with Crippen LogP contribution in [0.5, 0.6) is 0 Å². The minimum Gasteiger partial charge on any atom is -0.462 e. The van der Waals surface area contributed by atoms with E-state index in [1.54, 1.807) is 49.5 Å². The van der Waals surface area contributed by atoms with Crippen molar-refractivity contribution in [1.82, 2.24) is 4.98 Å². The molecule has 3 aromatic rings. The summed E-state index contributed by atoms with van der Waals surface area (Å²) in [4.78, 5) is 28.9. The number of benzene rings is 2. The molecule has 2 N–H and O–H groups in total. The van der Waals surface area contributed by atoms with E-state index in [-0.39, 0.29) is 12.3 Å². The zero-order chi connectivity index (χ0) is 20.8. The number of nitrogens with zero attached hydrogens (tertiary/aromatic N) is 1. The van der Waals surface area contributed by atoms with Crippen molar-refractivity contribution >= 4 is 28.9 Å². The summed E-state index contributed by atoms with van der Waals surface area (Å²) in [7, 11) is 0. The molecule has 0 radical (unpaired) electrons. The van der Waals surface area contributed by atoms with Crippen LogP contribution in [0.15, 0.2) is 60.8 Å². The van der Waals surface area contributed by atoms with Gasteiger partial charge in [0, 0.05) is 17.6 Å². The standard InChI is InChI=1S/C23H23N3O3/c1-4-29-23(28)19-7-5-6-8-20(19)26-22(27)21-14-18(11-12-24-21)25-17-10-9-15(2)16(3)13-17/h5-14H,4H2,1-3H3,(H,24,25)(H,26,27). The molecule has 0 aliphatic heterocycles. The van der Waals surface area contributed by atoms with Gasteiger partial charge in [0.2, 0.25) is 0 Å². The van der Waals surface area contributed by atoms with Gasteiger partial charge in [0.1, 0.15) is 5.69 Å². The Labute approximate surface area is 169 Å². The van der Waals surface area contributed by atoms with Crippen LogP contribution in [0, 0.1) is 13.8 Å². The third-order valence-corrected chi connectivity index (χ3v) is 4.46. The number of rotatable bonds is 6. The third kappa shape index (κ3) is 4.99. The van der Waals surface area contributed by atoms with E-state index in [2.05, 4.69) is 22.5 Å². The summed E-state index contributed by atoms with van der Waals surface area (Å²) in [5, 5.41) is 6.03. The summed E-state index contributed by atoms with van der Waals surface area (Å²) < 4.78 is 5.04. The van der Waals surface area contributed by atoms with Crippen LogP contribution in [0.4, 0.5) is 17.1 Å². The molecule has 0 fully saturated rings. The van der Waals surface area contributed by atoms with E-state index in [4.69, 9.17) is 4.74 Å². The fourth-order valence-electron chi connectivity index (χ4n) is 2.78. The number of carbonyl (C=O) groups excluding carboxylic acids is 2. The zero-order valence-electron chi connectivity index (χ0n) is 16.7. The Kier molecular flexibility index (Phi) is 6.24. The van der Waals surface area contributed by atoms with Crippen molar-refractivity contribution in [2.45, 2.75) is 20.8 Å². The van der Waals surface area contributed by atoms with Gasteiger partial charge in [-0.25, -0.2) is 4.79 Å². The number of esters is 1. The normalized spacial score (nSPS) is 10.3. The fourth-order valence-corrected chi connectivity index (χ4v) is 2.78. The highest BCUT2D eigenvalue weighted by Gasteiger charge is 2.15. The van der Waals surface area contributed by atoms with E-state index in [0.29, 0.717) is 11.3 Å². The first-order valence-electron chi connectivity index (χ1n) is 9.35. The molecular weight excluding hydrogens is 366 g/mol. The number of ether oxygens (including phenoxy) is 1. The molecule has 148 valence electrons. The lowest BCUT2D eigenvalue weighted by molar-refractivity contribution is 0.0527. The highest BCUT2D eigenvalue weighted by atomic mass is 16.5. The Hall–Kier alpha value is -3.67. The monoisotopic (exact) mass is 389 g/mol. The largest absolute Gasteiger partial charge is 0.462 e. The average molecular weight is 389 g/mol. The molecule has 0 aliphatic carbocycles. The maximum absolute atomic E-state index is 12.7. The summed E-state index contributed by atoms with van der Waals surface area (Å²) in [6.07, 6.45) is 1.57. The molecule has 29 heavy (non-hydrogen) atoms. The highest BCUT2D eigenvalue weighted by molar-refractivity contribution is 6.07. The lowest BCUT2D eigenvalue weighted by Gasteiger charge is -2.12. The molecule has 0 unspecified atom stereocenters. The minimum atomic E-state index is -0.485. The zero-order valence-corrected chi connectivity index (χ0v) is 16.7. The Morgan fingerprint density at radius 2 is 1.72 bits per heavy atom. The lowest BCUT2D eigenvalue weighted by Crippen LogP contribution is -2.17. The van der Waals surface area contributed by atoms with E-state index in [9.17, 15) is 9.59 Å². The van der Waals surface area contributed by atoms with Crippen LogP contribution in [-0.2, 0) is 4.74 Å². The van der Waals surface area contributed by atoms with Crippen molar-refractivity contribution in [1.29, 1.82) is 0 Å². The van der Waals surface area contributed by atoms with E-state index in [1.165, 1.54) is 11.1 Å². The quantitative estimate of drug-likeness (QED) is 0.588. The van der Waals surface area contributed by atoms with Gasteiger partial charge in [-0.2, -0.15) is 0 Å². The van der Waals surface area contributed by atoms with Gasteiger partial charge in [-0.05, 0) is 68.3 Å². The number of aromatic nitrogens is 1. The Morgan fingerprint density at radius 1 is 0.966 bits per heavy atom. The number of nitrogens with one attached hydrogen (secondary N) is 2. The molecule has 1 heterocycles. The van der Waals surface area contributed by atoms with Crippen LogP contribution in [0.3, 0.4) is 0 Å². The number of para-hydroxylation sites is 1. The number of hydrogen-bond acceptors (Lipinski definition) is 5. The number of anilines is 3. The number of carbonyl (C=O) groups is 2. The van der Waals surface area contributed by atoms with Gasteiger partial charge in [-0.15, -0.1) is 0 Å². The van der Waals surface area contributed by atoms with Crippen molar-refractivity contribution in [2.75, 3.05) is 17.2 Å². The lowest BCUT2D eigenvalue weighted by atomic mass is 10.1. The fraction of sp³-hybridized carbons (Fsp3) is 0.174. The smallest absolute Gasteiger partial charge is 0.340 e. The average Bonchev–Trinajstić information content (AvgIpc) is 2.71. The highest BCUT2D eigenvalue weighted by Crippen LogP contribution is 2.21. The van der Waals surface area contributed by atoms with E-state index in [1.807, 2.05) is 25.1 Å². The number of pyridine rings is 1. The molecule has 0 saturated heterocycles. The summed E-state index contributed by atoms with van der Waals surface area (Å²) in [6.45, 7) is 6.10. The molecule has 1 aromatic heterocycles. The number of hydrogen-bond donors (Lipinski definition) is 2. The van der Waals surface area contributed by atoms with Crippen molar-refractivity contribution in [3.63, 3.8) is 0 Å². The van der Waals surface area contributed by atoms with Gasteiger partial charge >= 0.3 is 5.97 Å². The number of amides is 1. The van der Waals surface area contributed by atoms with Crippen molar-refractivity contribution < 1.29 is 14.3 Å². The second kappa shape index (κ2) is 9.01.